The maximum Gasteiger partial charge on any atom is 0.233 e. The molecule has 1 aromatic carbocycles. The molecule has 1 saturated heterocycles. The number of nitrogen functional groups attached to an aromatic ring is 1. The molecule has 1 aliphatic carbocycles. The number of amides is 2. The van der Waals surface area contributed by atoms with Crippen molar-refractivity contribution < 1.29 is 9.59 Å². The minimum absolute atomic E-state index is 0.00305. The minimum Gasteiger partial charge on any atom is -0.398 e. The van der Waals surface area contributed by atoms with Gasteiger partial charge >= 0.3 is 0 Å². The average Bonchev–Trinajstić information content (AvgIpc) is 2.99. The normalized spacial score (nSPS) is 29.8. The number of anilines is 1. The number of nitrogens with two attached hydrogens (primary N) is 1. The Morgan fingerprint density at radius 1 is 1.19 bits per heavy atom. The van der Waals surface area contributed by atoms with Crippen molar-refractivity contribution in [1.82, 2.24) is 4.90 Å². The van der Waals surface area contributed by atoms with Crippen LogP contribution in [0.1, 0.15) is 44.7 Å². The molecule has 21 heavy (non-hydrogen) atoms. The Bertz CT molecular complexity index is 560. The molecule has 0 bridgehead atoms. The van der Waals surface area contributed by atoms with Gasteiger partial charge in [0.2, 0.25) is 11.8 Å². The molecule has 1 saturated carbocycles. The highest BCUT2D eigenvalue weighted by Crippen LogP contribution is 2.46. The Labute approximate surface area is 125 Å². The summed E-state index contributed by atoms with van der Waals surface area (Å²) in [5.74, 6) is 0.310. The Morgan fingerprint density at radius 3 is 2.29 bits per heavy atom. The second kappa shape index (κ2) is 5.17. The molecule has 112 valence electrons. The lowest BCUT2D eigenvalue weighted by atomic mass is 10.00. The molecule has 1 aromatic rings. The summed E-state index contributed by atoms with van der Waals surface area (Å²) in [7, 11) is 0. The van der Waals surface area contributed by atoms with E-state index in [1.54, 1.807) is 0 Å². The van der Waals surface area contributed by atoms with E-state index in [2.05, 4.69) is 6.92 Å². The van der Waals surface area contributed by atoms with Gasteiger partial charge in [0.05, 0.1) is 17.9 Å². The number of likely N-dealkylation sites (tertiary alicyclic amines) is 1. The number of hydrogen-bond acceptors (Lipinski definition) is 3. The van der Waals surface area contributed by atoms with Gasteiger partial charge in [0, 0.05) is 5.69 Å². The van der Waals surface area contributed by atoms with Crippen molar-refractivity contribution >= 4 is 17.5 Å². The summed E-state index contributed by atoms with van der Waals surface area (Å²) in [6, 6.07) is 7.17. The molecule has 1 aliphatic heterocycles. The van der Waals surface area contributed by atoms with Crippen LogP contribution in [0.5, 0.6) is 0 Å². The second-order valence-corrected chi connectivity index (χ2v) is 6.31. The molecular weight excluding hydrogens is 264 g/mol. The fourth-order valence-electron chi connectivity index (χ4n) is 3.90. The van der Waals surface area contributed by atoms with E-state index in [4.69, 9.17) is 5.73 Å². The van der Waals surface area contributed by atoms with Gasteiger partial charge in [-0.1, -0.05) is 31.5 Å². The van der Waals surface area contributed by atoms with Crippen molar-refractivity contribution in [1.29, 1.82) is 0 Å². The van der Waals surface area contributed by atoms with Crippen LogP contribution in [-0.2, 0) is 9.59 Å². The van der Waals surface area contributed by atoms with Crippen LogP contribution in [0.2, 0.25) is 0 Å². The molecule has 3 atom stereocenters. The molecule has 0 spiro atoms. The van der Waals surface area contributed by atoms with Gasteiger partial charge in [0.15, 0.2) is 0 Å². The van der Waals surface area contributed by atoms with Crippen molar-refractivity contribution in [3.8, 4) is 0 Å². The van der Waals surface area contributed by atoms with Gasteiger partial charge in [-0.2, -0.15) is 0 Å². The molecule has 0 aromatic heterocycles. The quantitative estimate of drug-likeness (QED) is 0.686. The van der Waals surface area contributed by atoms with E-state index in [9.17, 15) is 9.59 Å². The van der Waals surface area contributed by atoms with Crippen LogP contribution >= 0.6 is 0 Å². The summed E-state index contributed by atoms with van der Waals surface area (Å²) in [4.78, 5) is 26.7. The highest BCUT2D eigenvalue weighted by molar-refractivity contribution is 6.06. The molecule has 1 heterocycles. The lowest BCUT2D eigenvalue weighted by Crippen LogP contribution is -2.35. The second-order valence-electron chi connectivity index (χ2n) is 6.31. The number of nitrogens with zero attached hydrogens (tertiary/aromatic N) is 1. The maximum absolute atomic E-state index is 12.6. The van der Waals surface area contributed by atoms with Crippen molar-refractivity contribution in [2.45, 2.75) is 39.2 Å². The standard InChI is InChI=1S/C17H22N2O2/c1-3-11-8-13-14(9-11)17(21)19(16(13)20)10(2)12-6-4-5-7-15(12)18/h4-7,10-11,13-14H,3,8-9,18H2,1-2H3. The smallest absolute Gasteiger partial charge is 0.233 e. The summed E-state index contributed by atoms with van der Waals surface area (Å²) in [6.45, 7) is 4.02. The van der Waals surface area contributed by atoms with Crippen LogP contribution in [0.3, 0.4) is 0 Å². The van der Waals surface area contributed by atoms with E-state index in [0.717, 1.165) is 24.8 Å². The van der Waals surface area contributed by atoms with Crippen LogP contribution in [-0.4, -0.2) is 16.7 Å². The Kier molecular flexibility index (Phi) is 3.47. The summed E-state index contributed by atoms with van der Waals surface area (Å²) in [6.07, 6.45) is 2.77. The third-order valence-electron chi connectivity index (χ3n) is 5.18. The Hall–Kier alpha value is -1.84. The van der Waals surface area contributed by atoms with Gasteiger partial charge < -0.3 is 5.73 Å². The molecule has 2 amide bonds. The van der Waals surface area contributed by atoms with E-state index in [-0.39, 0.29) is 29.7 Å². The Balaban J connectivity index is 1.87. The third kappa shape index (κ3) is 2.13. The number of carbonyl (C=O) groups is 2. The SMILES string of the molecule is CCC1CC2C(=O)N(C(C)c3ccccc3N)C(=O)C2C1. The van der Waals surface area contributed by atoms with Gasteiger partial charge in [0.1, 0.15) is 0 Å². The molecule has 2 fully saturated rings. The largest absolute Gasteiger partial charge is 0.398 e. The zero-order valence-electron chi connectivity index (χ0n) is 12.6. The van der Waals surface area contributed by atoms with Crippen molar-refractivity contribution in [3.05, 3.63) is 29.8 Å². The molecular formula is C17H22N2O2. The molecule has 4 nitrogen and oxygen atoms in total. The van der Waals surface area contributed by atoms with Crippen LogP contribution in [0.4, 0.5) is 5.69 Å². The first-order chi connectivity index (χ1) is 10.0. The third-order valence-corrected chi connectivity index (χ3v) is 5.18. The molecule has 2 N–H and O–H groups in total. The van der Waals surface area contributed by atoms with Crippen molar-refractivity contribution in [2.75, 3.05) is 5.73 Å². The van der Waals surface area contributed by atoms with Crippen LogP contribution in [0.25, 0.3) is 0 Å². The zero-order chi connectivity index (χ0) is 15.1. The number of fused-ring (bicyclic) bond motifs is 1. The monoisotopic (exact) mass is 286 g/mol. The predicted octanol–water partition coefficient (Wildman–Crippen LogP) is 2.75. The van der Waals surface area contributed by atoms with E-state index in [0.29, 0.717) is 11.6 Å². The van der Waals surface area contributed by atoms with Crippen LogP contribution in [0.15, 0.2) is 24.3 Å². The number of hydrogen-bond donors (Lipinski definition) is 1. The lowest BCUT2D eigenvalue weighted by Gasteiger charge is -2.25. The fraction of sp³-hybridized carbons (Fsp3) is 0.529. The van der Waals surface area contributed by atoms with E-state index < -0.39 is 0 Å². The fourth-order valence-corrected chi connectivity index (χ4v) is 3.90. The van der Waals surface area contributed by atoms with Gasteiger partial charge in [0.25, 0.3) is 0 Å². The van der Waals surface area contributed by atoms with E-state index >= 15 is 0 Å². The number of imide groups is 1. The Morgan fingerprint density at radius 2 is 1.76 bits per heavy atom. The summed E-state index contributed by atoms with van der Waals surface area (Å²) in [5, 5.41) is 0. The summed E-state index contributed by atoms with van der Waals surface area (Å²) < 4.78 is 0. The molecule has 2 aliphatic rings. The lowest BCUT2D eigenvalue weighted by molar-refractivity contribution is -0.143. The molecule has 4 heteroatoms. The van der Waals surface area contributed by atoms with Gasteiger partial charge in [-0.15, -0.1) is 0 Å². The highest BCUT2D eigenvalue weighted by Gasteiger charge is 2.53. The maximum atomic E-state index is 12.6. The van der Waals surface area contributed by atoms with Gasteiger partial charge in [-0.25, -0.2) is 0 Å². The molecule has 3 unspecified atom stereocenters. The number of para-hydroxylation sites is 1. The first-order valence-corrected chi connectivity index (χ1v) is 7.75. The predicted molar refractivity (Wildman–Crippen MR) is 81.1 cm³/mol. The van der Waals surface area contributed by atoms with Crippen LogP contribution in [0, 0.1) is 17.8 Å². The van der Waals surface area contributed by atoms with Crippen molar-refractivity contribution in [3.63, 3.8) is 0 Å². The van der Waals surface area contributed by atoms with Crippen LogP contribution < -0.4 is 5.73 Å². The zero-order valence-corrected chi connectivity index (χ0v) is 12.6. The van der Waals surface area contributed by atoms with Crippen molar-refractivity contribution in [2.24, 2.45) is 17.8 Å². The number of benzene rings is 1. The topological polar surface area (TPSA) is 63.4 Å². The summed E-state index contributed by atoms with van der Waals surface area (Å²) >= 11 is 0. The number of rotatable bonds is 3. The van der Waals surface area contributed by atoms with Gasteiger partial charge in [-0.3, -0.25) is 14.5 Å². The summed E-state index contributed by atoms with van der Waals surface area (Å²) in [5.41, 5.74) is 7.48. The first-order valence-electron chi connectivity index (χ1n) is 7.75. The van der Waals surface area contributed by atoms with E-state index in [1.807, 2.05) is 31.2 Å². The molecule has 3 rings (SSSR count). The van der Waals surface area contributed by atoms with E-state index in [1.165, 1.54) is 4.90 Å². The average molecular weight is 286 g/mol. The molecule has 0 radical (unpaired) electrons. The number of carbonyl (C=O) groups excluding carboxylic acids is 2. The van der Waals surface area contributed by atoms with Gasteiger partial charge in [-0.05, 0) is 37.3 Å². The highest BCUT2D eigenvalue weighted by atomic mass is 16.2. The first kappa shape index (κ1) is 14.1. The minimum atomic E-state index is -0.281.